The normalized spacial score (nSPS) is 22.8. The lowest BCUT2D eigenvalue weighted by molar-refractivity contribution is 0.0260. The van der Waals surface area contributed by atoms with Gasteiger partial charge in [0.1, 0.15) is 0 Å². The van der Waals surface area contributed by atoms with E-state index >= 15 is 0 Å². The van der Waals surface area contributed by atoms with Gasteiger partial charge in [0.25, 0.3) is 0 Å². The van der Waals surface area contributed by atoms with Gasteiger partial charge in [-0.15, -0.1) is 0 Å². The van der Waals surface area contributed by atoms with E-state index in [0.29, 0.717) is 6.04 Å². The fraction of sp³-hybridized carbons (Fsp3) is 0.724. The highest BCUT2D eigenvalue weighted by atomic mass is 16.5. The molecule has 1 unspecified atom stereocenters. The van der Waals surface area contributed by atoms with Gasteiger partial charge < -0.3 is 14.4 Å². The first-order valence-electron chi connectivity index (χ1n) is 13.3. The van der Waals surface area contributed by atoms with Crippen LogP contribution in [0.3, 0.4) is 0 Å². The number of nitrogens with zero attached hydrogens (tertiary/aromatic N) is 2. The standard InChI is InChI=1S/C29H46N2O2/c1-23(2)21-28(30-13-9-24(10-14-30)25-11-17-32-18-12-25)22-29(3,4)26-5-7-27(8-6-26)31-15-19-33-20-16-31/h5-8,21,24-25,28H,9-20,22H2,1-4H3. The molecule has 1 aromatic carbocycles. The van der Waals surface area contributed by atoms with Crippen molar-refractivity contribution in [2.45, 2.75) is 71.3 Å². The molecule has 3 saturated heterocycles. The summed E-state index contributed by atoms with van der Waals surface area (Å²) in [5.41, 5.74) is 4.35. The molecule has 0 radical (unpaired) electrons. The number of piperidine rings is 1. The zero-order chi connectivity index (χ0) is 23.3. The molecule has 4 heteroatoms. The van der Waals surface area contributed by atoms with E-state index in [9.17, 15) is 0 Å². The predicted octanol–water partition coefficient (Wildman–Crippen LogP) is 5.66. The first-order chi connectivity index (χ1) is 15.9. The van der Waals surface area contributed by atoms with E-state index in [1.54, 1.807) is 0 Å². The van der Waals surface area contributed by atoms with E-state index in [0.717, 1.165) is 57.8 Å². The Balaban J connectivity index is 1.39. The second-order valence-electron chi connectivity index (χ2n) is 11.4. The second kappa shape index (κ2) is 11.4. The average Bonchev–Trinajstić information content (AvgIpc) is 2.84. The molecule has 3 aliphatic heterocycles. The zero-order valence-corrected chi connectivity index (χ0v) is 21.5. The molecule has 184 valence electrons. The molecule has 1 atom stereocenters. The van der Waals surface area contributed by atoms with Crippen LogP contribution in [-0.4, -0.2) is 63.5 Å². The van der Waals surface area contributed by atoms with Crippen molar-refractivity contribution >= 4 is 5.69 Å². The minimum absolute atomic E-state index is 0.137. The Bertz CT molecular complexity index is 748. The summed E-state index contributed by atoms with van der Waals surface area (Å²) in [6.07, 6.45) is 8.94. The van der Waals surface area contributed by atoms with Gasteiger partial charge in [0.2, 0.25) is 0 Å². The maximum Gasteiger partial charge on any atom is 0.0642 e. The monoisotopic (exact) mass is 454 g/mol. The molecular formula is C29H46N2O2. The number of morpholine rings is 1. The number of anilines is 1. The van der Waals surface area contributed by atoms with Crippen LogP contribution < -0.4 is 4.90 Å². The summed E-state index contributed by atoms with van der Waals surface area (Å²) < 4.78 is 11.1. The fourth-order valence-electron chi connectivity index (χ4n) is 6.17. The number of hydrogen-bond donors (Lipinski definition) is 0. The summed E-state index contributed by atoms with van der Waals surface area (Å²) in [5, 5.41) is 0. The number of benzene rings is 1. The molecule has 4 rings (SSSR count). The Labute approximate surface area is 202 Å². The SMILES string of the molecule is CC(C)=CC(CC(C)(C)c1ccc(N2CCOCC2)cc1)N1CCC(C2CCOCC2)CC1. The Morgan fingerprint density at radius 3 is 2.06 bits per heavy atom. The first-order valence-corrected chi connectivity index (χ1v) is 13.3. The van der Waals surface area contributed by atoms with Crippen LogP contribution in [-0.2, 0) is 14.9 Å². The largest absolute Gasteiger partial charge is 0.381 e. The minimum atomic E-state index is 0.137. The van der Waals surface area contributed by atoms with Gasteiger partial charge in [-0.3, -0.25) is 4.90 Å². The fourth-order valence-corrected chi connectivity index (χ4v) is 6.17. The molecule has 1 aromatic rings. The molecule has 4 nitrogen and oxygen atoms in total. The van der Waals surface area contributed by atoms with E-state index in [-0.39, 0.29) is 5.41 Å². The topological polar surface area (TPSA) is 24.9 Å². The van der Waals surface area contributed by atoms with Gasteiger partial charge in [-0.2, -0.15) is 0 Å². The summed E-state index contributed by atoms with van der Waals surface area (Å²) >= 11 is 0. The Morgan fingerprint density at radius 1 is 0.879 bits per heavy atom. The van der Waals surface area contributed by atoms with E-state index < -0.39 is 0 Å². The molecular weight excluding hydrogens is 408 g/mol. The molecule has 33 heavy (non-hydrogen) atoms. The number of likely N-dealkylation sites (tertiary alicyclic amines) is 1. The van der Waals surface area contributed by atoms with Crippen molar-refractivity contribution in [3.8, 4) is 0 Å². The van der Waals surface area contributed by atoms with Crippen LogP contribution in [0.5, 0.6) is 0 Å². The van der Waals surface area contributed by atoms with Gasteiger partial charge in [-0.05, 0) is 94.0 Å². The number of ether oxygens (including phenoxy) is 2. The van der Waals surface area contributed by atoms with Crippen LogP contribution in [0.15, 0.2) is 35.9 Å². The summed E-state index contributed by atoms with van der Waals surface area (Å²) in [7, 11) is 0. The molecule has 3 fully saturated rings. The highest BCUT2D eigenvalue weighted by Gasteiger charge is 2.33. The third-order valence-corrected chi connectivity index (χ3v) is 8.25. The van der Waals surface area contributed by atoms with Crippen LogP contribution in [0.2, 0.25) is 0 Å². The van der Waals surface area contributed by atoms with Gasteiger partial charge >= 0.3 is 0 Å². The van der Waals surface area contributed by atoms with E-state index in [1.165, 1.54) is 55.6 Å². The van der Waals surface area contributed by atoms with Crippen molar-refractivity contribution < 1.29 is 9.47 Å². The minimum Gasteiger partial charge on any atom is -0.381 e. The van der Waals surface area contributed by atoms with Gasteiger partial charge in [-0.1, -0.05) is 37.6 Å². The molecule has 0 N–H and O–H groups in total. The maximum absolute atomic E-state index is 5.61. The molecule has 0 bridgehead atoms. The molecule has 0 amide bonds. The summed E-state index contributed by atoms with van der Waals surface area (Å²) in [6.45, 7) is 17.5. The van der Waals surface area contributed by atoms with Gasteiger partial charge in [-0.25, -0.2) is 0 Å². The summed E-state index contributed by atoms with van der Waals surface area (Å²) in [5.74, 6) is 1.79. The lowest BCUT2D eigenvalue weighted by Crippen LogP contribution is -2.44. The third kappa shape index (κ3) is 6.61. The van der Waals surface area contributed by atoms with Gasteiger partial charge in [0.15, 0.2) is 0 Å². The highest BCUT2D eigenvalue weighted by Crippen LogP contribution is 2.36. The van der Waals surface area contributed by atoms with E-state index in [4.69, 9.17) is 9.47 Å². The van der Waals surface area contributed by atoms with Crippen molar-refractivity contribution in [1.82, 2.24) is 4.90 Å². The van der Waals surface area contributed by atoms with Crippen LogP contribution in [0.1, 0.15) is 65.4 Å². The van der Waals surface area contributed by atoms with Crippen LogP contribution in [0, 0.1) is 11.8 Å². The Hall–Kier alpha value is -1.36. The molecule has 0 aromatic heterocycles. The zero-order valence-electron chi connectivity index (χ0n) is 21.5. The Morgan fingerprint density at radius 2 is 1.45 bits per heavy atom. The van der Waals surface area contributed by atoms with Crippen molar-refractivity contribution in [3.63, 3.8) is 0 Å². The van der Waals surface area contributed by atoms with E-state index in [2.05, 4.69) is 67.8 Å². The Kier molecular flexibility index (Phi) is 8.53. The predicted molar refractivity (Wildman–Crippen MR) is 138 cm³/mol. The van der Waals surface area contributed by atoms with Crippen LogP contribution in [0.25, 0.3) is 0 Å². The number of hydrogen-bond acceptors (Lipinski definition) is 4. The lowest BCUT2D eigenvalue weighted by Gasteiger charge is -2.42. The molecule has 0 spiro atoms. The maximum atomic E-state index is 5.61. The first kappa shape index (κ1) is 24.8. The second-order valence-corrected chi connectivity index (χ2v) is 11.4. The quantitative estimate of drug-likeness (QED) is 0.496. The molecule has 3 heterocycles. The van der Waals surface area contributed by atoms with Crippen molar-refractivity contribution in [3.05, 3.63) is 41.5 Å². The highest BCUT2D eigenvalue weighted by molar-refractivity contribution is 5.49. The molecule has 3 aliphatic rings. The molecule has 0 aliphatic carbocycles. The smallest absolute Gasteiger partial charge is 0.0642 e. The number of rotatable bonds is 7. The van der Waals surface area contributed by atoms with E-state index in [1.807, 2.05) is 0 Å². The van der Waals surface area contributed by atoms with Crippen LogP contribution in [0.4, 0.5) is 5.69 Å². The van der Waals surface area contributed by atoms with Crippen molar-refractivity contribution in [1.29, 1.82) is 0 Å². The third-order valence-electron chi connectivity index (χ3n) is 8.25. The molecule has 0 saturated carbocycles. The summed E-state index contributed by atoms with van der Waals surface area (Å²) in [6, 6.07) is 9.87. The average molecular weight is 455 g/mol. The van der Waals surface area contributed by atoms with Crippen molar-refractivity contribution in [2.75, 3.05) is 57.5 Å². The van der Waals surface area contributed by atoms with Gasteiger partial charge in [0.05, 0.1) is 13.2 Å². The summed E-state index contributed by atoms with van der Waals surface area (Å²) in [4.78, 5) is 5.21. The van der Waals surface area contributed by atoms with Gasteiger partial charge in [0, 0.05) is 38.0 Å². The number of allylic oxidation sites excluding steroid dienone is 1. The van der Waals surface area contributed by atoms with Crippen LogP contribution >= 0.6 is 0 Å². The lowest BCUT2D eigenvalue weighted by atomic mass is 9.76. The van der Waals surface area contributed by atoms with Crippen molar-refractivity contribution in [2.24, 2.45) is 11.8 Å².